The van der Waals surface area contributed by atoms with Crippen LogP contribution in [0.2, 0.25) is 0 Å². The number of likely N-dealkylation sites (N-methyl/N-ethyl adjacent to an activating group) is 1. The Kier molecular flexibility index (Phi) is 7.82. The Morgan fingerprint density at radius 2 is 2.04 bits per heavy atom. The third kappa shape index (κ3) is 6.29. The van der Waals surface area contributed by atoms with Crippen molar-refractivity contribution in [2.24, 2.45) is 0 Å². The maximum Gasteiger partial charge on any atom is 0.238 e. The molecule has 1 N–H and O–H groups in total. The second kappa shape index (κ2) is 10.5. The first-order valence-electron chi connectivity index (χ1n) is 9.98. The Morgan fingerprint density at radius 1 is 1.29 bits per heavy atom. The van der Waals surface area contributed by atoms with Crippen LogP contribution in [0, 0.1) is 0 Å². The number of anilines is 2. The van der Waals surface area contributed by atoms with E-state index in [9.17, 15) is 4.79 Å². The molecule has 3 rings (SSSR count). The van der Waals surface area contributed by atoms with Gasteiger partial charge in [0.1, 0.15) is 0 Å². The minimum Gasteiger partial charge on any atom is -0.378 e. The molecule has 0 atom stereocenters. The van der Waals surface area contributed by atoms with Crippen LogP contribution >= 0.6 is 11.3 Å². The molecular formula is C21H30N4O2S. The number of benzene rings is 1. The summed E-state index contributed by atoms with van der Waals surface area (Å²) in [5.74, 6) is -0.0111. The molecule has 1 aromatic carbocycles. The van der Waals surface area contributed by atoms with Gasteiger partial charge in [-0.15, -0.1) is 11.3 Å². The first kappa shape index (κ1) is 20.8. The van der Waals surface area contributed by atoms with Crippen LogP contribution in [0.1, 0.15) is 30.5 Å². The second-order valence-corrected chi connectivity index (χ2v) is 8.15. The number of amides is 1. The zero-order chi connectivity index (χ0) is 19.8. The Balaban J connectivity index is 1.44. The molecule has 1 aliphatic rings. The fourth-order valence-corrected chi connectivity index (χ4v) is 4.05. The van der Waals surface area contributed by atoms with Crippen molar-refractivity contribution in [1.82, 2.24) is 9.88 Å². The van der Waals surface area contributed by atoms with Crippen LogP contribution in [-0.2, 0) is 22.5 Å². The van der Waals surface area contributed by atoms with Gasteiger partial charge in [0.2, 0.25) is 5.91 Å². The highest BCUT2D eigenvalue weighted by atomic mass is 32.1. The number of hydrogen-bond acceptors (Lipinski definition) is 6. The number of morpholine rings is 1. The highest BCUT2D eigenvalue weighted by Crippen LogP contribution is 2.19. The van der Waals surface area contributed by atoms with Crippen molar-refractivity contribution in [3.63, 3.8) is 0 Å². The minimum atomic E-state index is -0.0111. The smallest absolute Gasteiger partial charge is 0.238 e. The predicted octanol–water partition coefficient (Wildman–Crippen LogP) is 3.39. The van der Waals surface area contributed by atoms with E-state index in [0.717, 1.165) is 44.1 Å². The number of rotatable bonds is 9. The van der Waals surface area contributed by atoms with E-state index in [1.54, 1.807) is 11.3 Å². The topological polar surface area (TPSA) is 57.7 Å². The molecule has 1 fully saturated rings. The SMILES string of the molecule is CCCCc1nc(CN(C)CC(=O)Nc2ccc(N3CCOCC3)cc2)cs1. The molecule has 0 saturated carbocycles. The summed E-state index contributed by atoms with van der Waals surface area (Å²) in [7, 11) is 1.95. The number of nitrogens with one attached hydrogen (secondary N) is 1. The molecule has 0 spiro atoms. The normalized spacial score (nSPS) is 14.5. The van der Waals surface area contributed by atoms with E-state index in [1.165, 1.54) is 23.5 Å². The van der Waals surface area contributed by atoms with Crippen molar-refractivity contribution < 1.29 is 9.53 Å². The molecule has 0 radical (unpaired) electrons. The number of carbonyl (C=O) groups excluding carboxylic acids is 1. The molecular weight excluding hydrogens is 372 g/mol. The molecule has 152 valence electrons. The van der Waals surface area contributed by atoms with Crippen LogP contribution in [0.4, 0.5) is 11.4 Å². The molecule has 1 aromatic heterocycles. The number of ether oxygens (including phenoxy) is 1. The summed E-state index contributed by atoms with van der Waals surface area (Å²) in [6, 6.07) is 8.03. The van der Waals surface area contributed by atoms with E-state index in [1.807, 2.05) is 24.1 Å². The van der Waals surface area contributed by atoms with Gasteiger partial charge in [-0.25, -0.2) is 4.98 Å². The fraction of sp³-hybridized carbons (Fsp3) is 0.524. The summed E-state index contributed by atoms with van der Waals surface area (Å²) in [5, 5.41) is 6.27. The summed E-state index contributed by atoms with van der Waals surface area (Å²) in [6.45, 7) is 6.57. The Labute approximate surface area is 171 Å². The van der Waals surface area contributed by atoms with Crippen molar-refractivity contribution in [1.29, 1.82) is 0 Å². The zero-order valence-corrected chi connectivity index (χ0v) is 17.6. The van der Waals surface area contributed by atoms with Gasteiger partial charge < -0.3 is 15.0 Å². The third-order valence-electron chi connectivity index (χ3n) is 4.72. The minimum absolute atomic E-state index is 0.0111. The van der Waals surface area contributed by atoms with Crippen molar-refractivity contribution in [2.45, 2.75) is 32.7 Å². The number of thiazole rings is 1. The Morgan fingerprint density at radius 3 is 2.75 bits per heavy atom. The zero-order valence-electron chi connectivity index (χ0n) is 16.8. The maximum atomic E-state index is 12.3. The number of carbonyl (C=O) groups is 1. The molecule has 7 heteroatoms. The van der Waals surface area contributed by atoms with Crippen LogP contribution in [0.15, 0.2) is 29.6 Å². The number of nitrogens with zero attached hydrogens (tertiary/aromatic N) is 3. The maximum absolute atomic E-state index is 12.3. The van der Waals surface area contributed by atoms with E-state index in [2.05, 4.69) is 39.6 Å². The van der Waals surface area contributed by atoms with Gasteiger partial charge in [0, 0.05) is 36.4 Å². The lowest BCUT2D eigenvalue weighted by molar-refractivity contribution is -0.117. The van der Waals surface area contributed by atoms with Gasteiger partial charge in [0.25, 0.3) is 0 Å². The first-order chi connectivity index (χ1) is 13.6. The Hall–Kier alpha value is -1.96. The van der Waals surface area contributed by atoms with E-state index in [4.69, 9.17) is 4.74 Å². The van der Waals surface area contributed by atoms with Gasteiger partial charge in [-0.05, 0) is 44.2 Å². The fourth-order valence-electron chi connectivity index (χ4n) is 3.22. The summed E-state index contributed by atoms with van der Waals surface area (Å²) in [6.07, 6.45) is 3.41. The molecule has 2 aromatic rings. The monoisotopic (exact) mass is 402 g/mol. The van der Waals surface area contributed by atoms with Crippen LogP contribution in [-0.4, -0.2) is 55.7 Å². The largest absolute Gasteiger partial charge is 0.378 e. The van der Waals surface area contributed by atoms with Gasteiger partial charge in [-0.2, -0.15) is 0 Å². The summed E-state index contributed by atoms with van der Waals surface area (Å²) >= 11 is 1.72. The van der Waals surface area contributed by atoms with Crippen molar-refractivity contribution >= 4 is 28.6 Å². The van der Waals surface area contributed by atoms with Crippen molar-refractivity contribution in [2.75, 3.05) is 50.1 Å². The molecule has 2 heterocycles. The van der Waals surface area contributed by atoms with E-state index in [-0.39, 0.29) is 5.91 Å². The molecule has 0 unspecified atom stereocenters. The molecule has 0 bridgehead atoms. The van der Waals surface area contributed by atoms with Gasteiger partial charge in [0.05, 0.1) is 30.5 Å². The molecule has 28 heavy (non-hydrogen) atoms. The van der Waals surface area contributed by atoms with Gasteiger partial charge >= 0.3 is 0 Å². The predicted molar refractivity (Wildman–Crippen MR) is 115 cm³/mol. The number of aryl methyl sites for hydroxylation is 1. The van der Waals surface area contributed by atoms with Gasteiger partial charge in [0.15, 0.2) is 0 Å². The van der Waals surface area contributed by atoms with Crippen LogP contribution < -0.4 is 10.2 Å². The van der Waals surface area contributed by atoms with Crippen molar-refractivity contribution in [3.05, 3.63) is 40.3 Å². The van der Waals surface area contributed by atoms with Crippen LogP contribution in [0.25, 0.3) is 0 Å². The van der Waals surface area contributed by atoms with E-state index >= 15 is 0 Å². The lowest BCUT2D eigenvalue weighted by atomic mass is 10.2. The lowest BCUT2D eigenvalue weighted by Gasteiger charge is -2.28. The third-order valence-corrected chi connectivity index (χ3v) is 5.67. The summed E-state index contributed by atoms with van der Waals surface area (Å²) < 4.78 is 5.39. The highest BCUT2D eigenvalue weighted by molar-refractivity contribution is 7.09. The highest BCUT2D eigenvalue weighted by Gasteiger charge is 2.12. The van der Waals surface area contributed by atoms with Crippen LogP contribution in [0.3, 0.4) is 0 Å². The molecule has 0 aliphatic carbocycles. The van der Waals surface area contributed by atoms with E-state index < -0.39 is 0 Å². The number of hydrogen-bond donors (Lipinski definition) is 1. The average molecular weight is 403 g/mol. The number of unbranched alkanes of at least 4 members (excludes halogenated alkanes) is 1. The summed E-state index contributed by atoms with van der Waals surface area (Å²) in [4.78, 5) is 21.3. The number of aromatic nitrogens is 1. The summed E-state index contributed by atoms with van der Waals surface area (Å²) in [5.41, 5.74) is 3.04. The molecule has 6 nitrogen and oxygen atoms in total. The van der Waals surface area contributed by atoms with Gasteiger partial charge in [-0.1, -0.05) is 13.3 Å². The quantitative estimate of drug-likeness (QED) is 0.697. The van der Waals surface area contributed by atoms with E-state index in [0.29, 0.717) is 13.1 Å². The molecule has 1 saturated heterocycles. The molecule has 1 amide bonds. The van der Waals surface area contributed by atoms with Crippen LogP contribution in [0.5, 0.6) is 0 Å². The molecule has 1 aliphatic heterocycles. The van der Waals surface area contributed by atoms with Gasteiger partial charge in [-0.3, -0.25) is 9.69 Å². The lowest BCUT2D eigenvalue weighted by Crippen LogP contribution is -2.36. The second-order valence-electron chi connectivity index (χ2n) is 7.20. The average Bonchev–Trinajstić information content (AvgIpc) is 3.14. The van der Waals surface area contributed by atoms with Crippen molar-refractivity contribution in [3.8, 4) is 0 Å². The first-order valence-corrected chi connectivity index (χ1v) is 10.9. The Bertz CT molecular complexity index is 741. The standard InChI is InChI=1S/C21H30N4O2S/c1-3-4-5-21-23-18(16-28-21)14-24(2)15-20(26)22-17-6-8-19(9-7-17)25-10-12-27-13-11-25/h6-9,16H,3-5,10-15H2,1-2H3,(H,22,26).